The number of H-pyrrole nitrogens is 1. The molecule has 10 heteroatoms. The van der Waals surface area contributed by atoms with Gasteiger partial charge < -0.3 is 9.72 Å². The first-order valence-electron chi connectivity index (χ1n) is 9.01. The van der Waals surface area contributed by atoms with Gasteiger partial charge in [-0.1, -0.05) is 0 Å². The van der Waals surface area contributed by atoms with Gasteiger partial charge in [0.15, 0.2) is 5.69 Å². The maximum absolute atomic E-state index is 13.9. The maximum Gasteiger partial charge on any atom is 0.282 e. The summed E-state index contributed by atoms with van der Waals surface area (Å²) in [6.45, 7) is 0.921. The number of fused-ring (bicyclic) bond motifs is 2. The van der Waals surface area contributed by atoms with E-state index < -0.39 is 6.43 Å². The van der Waals surface area contributed by atoms with Gasteiger partial charge in [-0.2, -0.15) is 15.5 Å². The summed E-state index contributed by atoms with van der Waals surface area (Å²) in [7, 11) is 1.70. The largest absolute Gasteiger partial charge is 0.477 e. The third kappa shape index (κ3) is 2.58. The summed E-state index contributed by atoms with van der Waals surface area (Å²) >= 11 is 0. The number of pyridine rings is 1. The predicted octanol–water partition coefficient (Wildman–Crippen LogP) is 3.42. The van der Waals surface area contributed by atoms with Gasteiger partial charge in [-0.05, 0) is 12.1 Å². The second-order valence-electron chi connectivity index (χ2n) is 6.74. The van der Waals surface area contributed by atoms with E-state index in [-0.39, 0.29) is 17.0 Å². The molecule has 8 nitrogen and oxygen atoms in total. The Morgan fingerprint density at radius 3 is 2.97 bits per heavy atom. The van der Waals surface area contributed by atoms with Crippen molar-refractivity contribution in [3.63, 3.8) is 0 Å². The predicted molar refractivity (Wildman–Crippen MR) is 99.3 cm³/mol. The highest BCUT2D eigenvalue weighted by Crippen LogP contribution is 2.46. The Hall–Kier alpha value is -3.74. The van der Waals surface area contributed by atoms with Crippen LogP contribution in [0.1, 0.15) is 24.2 Å². The first-order valence-corrected chi connectivity index (χ1v) is 9.01. The van der Waals surface area contributed by atoms with Crippen LogP contribution >= 0.6 is 0 Å². The van der Waals surface area contributed by atoms with Crippen molar-refractivity contribution >= 4 is 11.0 Å². The van der Waals surface area contributed by atoms with Crippen LogP contribution in [0.2, 0.25) is 0 Å². The summed E-state index contributed by atoms with van der Waals surface area (Å²) in [5, 5.41) is 18.5. The standard InChI is InChI=1S/C19H15F2N7O/c1-27-9-11(12(8-22)25-27)13-10-4-2-5-23-18(10)24-15(13)14-16(17(20)21)26-28-6-3-7-29-19(14)28/h2,4-5,9,17H,3,6-7H2,1H3,(H,23,24). The van der Waals surface area contributed by atoms with E-state index in [1.165, 1.54) is 9.36 Å². The van der Waals surface area contributed by atoms with Crippen LogP contribution in [0.4, 0.5) is 8.78 Å². The Morgan fingerprint density at radius 1 is 1.31 bits per heavy atom. The van der Waals surface area contributed by atoms with Crippen molar-refractivity contribution in [2.75, 3.05) is 6.61 Å². The highest BCUT2D eigenvalue weighted by Gasteiger charge is 2.32. The lowest BCUT2D eigenvalue weighted by Crippen LogP contribution is -2.15. The van der Waals surface area contributed by atoms with E-state index in [0.29, 0.717) is 53.3 Å². The number of halogens is 2. The van der Waals surface area contributed by atoms with Gasteiger partial charge in [0.05, 0.1) is 17.9 Å². The molecule has 4 aromatic heterocycles. The summed E-state index contributed by atoms with van der Waals surface area (Å²) < 4.78 is 36.5. The number of nitrogens with one attached hydrogen (secondary N) is 1. The van der Waals surface area contributed by atoms with Crippen LogP contribution in [-0.4, -0.2) is 36.1 Å². The van der Waals surface area contributed by atoms with E-state index in [0.717, 1.165) is 0 Å². The second-order valence-corrected chi connectivity index (χ2v) is 6.74. The number of ether oxygens (including phenoxy) is 1. The number of hydrogen-bond acceptors (Lipinski definition) is 5. The minimum Gasteiger partial charge on any atom is -0.477 e. The van der Waals surface area contributed by atoms with Gasteiger partial charge in [0, 0.05) is 48.9 Å². The fraction of sp³-hybridized carbons (Fsp3) is 0.263. The molecule has 0 bridgehead atoms. The lowest BCUT2D eigenvalue weighted by molar-refractivity contribution is 0.145. The molecule has 1 aliphatic heterocycles. The van der Waals surface area contributed by atoms with E-state index in [1.807, 2.05) is 6.07 Å². The fourth-order valence-electron chi connectivity index (χ4n) is 3.78. The summed E-state index contributed by atoms with van der Waals surface area (Å²) in [6, 6.07) is 5.65. The average Bonchev–Trinajstić information content (AvgIpc) is 3.39. The molecule has 4 aromatic rings. The van der Waals surface area contributed by atoms with E-state index in [4.69, 9.17) is 4.74 Å². The number of rotatable bonds is 3. The molecule has 1 N–H and O–H groups in total. The number of nitriles is 1. The van der Waals surface area contributed by atoms with Crippen LogP contribution in [-0.2, 0) is 13.6 Å². The van der Waals surface area contributed by atoms with Gasteiger partial charge in [-0.15, -0.1) is 0 Å². The van der Waals surface area contributed by atoms with Gasteiger partial charge in [-0.25, -0.2) is 18.4 Å². The average molecular weight is 395 g/mol. The van der Waals surface area contributed by atoms with Crippen LogP contribution in [0.25, 0.3) is 33.4 Å². The normalized spacial score (nSPS) is 13.5. The number of alkyl halides is 2. The first-order chi connectivity index (χ1) is 14.1. The SMILES string of the molecule is Cn1cc(-c2c(-c3c(C(F)F)nn4c3OCCC4)[nH]c3ncccc23)c(C#N)n1. The van der Waals surface area contributed by atoms with Crippen molar-refractivity contribution in [1.82, 2.24) is 29.5 Å². The van der Waals surface area contributed by atoms with Gasteiger partial charge in [-0.3, -0.25) is 4.68 Å². The molecular weight excluding hydrogens is 380 g/mol. The summed E-state index contributed by atoms with van der Waals surface area (Å²) in [5.74, 6) is 0.293. The fourth-order valence-corrected chi connectivity index (χ4v) is 3.78. The Labute approximate surface area is 163 Å². The molecule has 5 rings (SSSR count). The lowest BCUT2D eigenvalue weighted by atomic mass is 9.99. The van der Waals surface area contributed by atoms with Crippen molar-refractivity contribution in [2.24, 2.45) is 7.05 Å². The molecule has 0 amide bonds. The van der Waals surface area contributed by atoms with Gasteiger partial charge >= 0.3 is 0 Å². The Morgan fingerprint density at radius 2 is 2.17 bits per heavy atom. The molecule has 1 aliphatic rings. The highest BCUT2D eigenvalue weighted by atomic mass is 19.3. The molecule has 0 fully saturated rings. The zero-order valence-corrected chi connectivity index (χ0v) is 15.4. The molecule has 146 valence electrons. The van der Waals surface area contributed by atoms with Gasteiger partial charge in [0.2, 0.25) is 5.88 Å². The summed E-state index contributed by atoms with van der Waals surface area (Å²) in [4.78, 5) is 7.47. The van der Waals surface area contributed by atoms with Crippen LogP contribution in [0, 0.1) is 11.3 Å². The minimum absolute atomic E-state index is 0.194. The van der Waals surface area contributed by atoms with E-state index in [2.05, 4.69) is 26.2 Å². The van der Waals surface area contributed by atoms with Crippen LogP contribution < -0.4 is 4.74 Å². The van der Waals surface area contributed by atoms with Crippen LogP contribution in [0.3, 0.4) is 0 Å². The first kappa shape index (κ1) is 17.4. The molecular formula is C19H15F2N7O. The smallest absolute Gasteiger partial charge is 0.282 e. The Bertz CT molecular complexity index is 1280. The number of nitrogens with zero attached hydrogens (tertiary/aromatic N) is 6. The van der Waals surface area contributed by atoms with Crippen molar-refractivity contribution < 1.29 is 13.5 Å². The number of hydrogen-bond donors (Lipinski definition) is 1. The topological polar surface area (TPSA) is 97.3 Å². The molecule has 29 heavy (non-hydrogen) atoms. The zero-order valence-electron chi connectivity index (χ0n) is 15.4. The maximum atomic E-state index is 13.9. The molecule has 5 heterocycles. The monoisotopic (exact) mass is 395 g/mol. The third-order valence-electron chi connectivity index (χ3n) is 4.92. The number of aromatic amines is 1. The molecule has 0 aliphatic carbocycles. The van der Waals surface area contributed by atoms with Crippen molar-refractivity contribution in [1.29, 1.82) is 5.26 Å². The number of aromatic nitrogens is 6. The molecule has 0 saturated heterocycles. The third-order valence-corrected chi connectivity index (χ3v) is 4.92. The Kier molecular flexibility index (Phi) is 3.84. The van der Waals surface area contributed by atoms with Crippen molar-refractivity contribution in [3.8, 4) is 34.3 Å². The summed E-state index contributed by atoms with van der Waals surface area (Å²) in [5.41, 5.74) is 2.03. The van der Waals surface area contributed by atoms with E-state index in [1.54, 1.807) is 25.5 Å². The minimum atomic E-state index is -2.79. The lowest BCUT2D eigenvalue weighted by Gasteiger charge is -2.16. The van der Waals surface area contributed by atoms with E-state index >= 15 is 0 Å². The number of aryl methyl sites for hydroxylation is 2. The molecule has 0 unspecified atom stereocenters. The van der Waals surface area contributed by atoms with Crippen molar-refractivity contribution in [2.45, 2.75) is 19.4 Å². The highest BCUT2D eigenvalue weighted by molar-refractivity contribution is 6.04. The van der Waals surface area contributed by atoms with E-state index in [9.17, 15) is 14.0 Å². The van der Waals surface area contributed by atoms with Crippen molar-refractivity contribution in [3.05, 3.63) is 35.9 Å². The van der Waals surface area contributed by atoms with Gasteiger partial charge in [0.1, 0.15) is 17.4 Å². The van der Waals surface area contributed by atoms with Gasteiger partial charge in [0.25, 0.3) is 6.43 Å². The molecule has 0 atom stereocenters. The Balaban J connectivity index is 1.89. The zero-order chi connectivity index (χ0) is 20.1. The molecule has 0 spiro atoms. The quantitative estimate of drug-likeness (QED) is 0.573. The van der Waals surface area contributed by atoms with Crippen LogP contribution in [0.5, 0.6) is 5.88 Å². The van der Waals surface area contributed by atoms with Crippen LogP contribution in [0.15, 0.2) is 24.5 Å². The molecule has 0 saturated carbocycles. The molecule has 0 radical (unpaired) electrons. The second kappa shape index (κ2) is 6.41. The summed E-state index contributed by atoms with van der Waals surface area (Å²) in [6.07, 6.45) is 1.21. The molecule has 0 aromatic carbocycles.